The summed E-state index contributed by atoms with van der Waals surface area (Å²) in [6.07, 6.45) is 5.34. The molecule has 0 saturated heterocycles. The predicted molar refractivity (Wildman–Crippen MR) is 78.0 cm³/mol. The zero-order valence-electron chi connectivity index (χ0n) is 10.6. The van der Waals surface area contributed by atoms with Crippen molar-refractivity contribution < 1.29 is 4.42 Å². The molecule has 1 aromatic rings. The van der Waals surface area contributed by atoms with E-state index in [1.165, 1.54) is 25.7 Å². The van der Waals surface area contributed by atoms with Crippen LogP contribution in [0, 0.1) is 3.77 Å². The van der Waals surface area contributed by atoms with Gasteiger partial charge in [-0.15, -0.1) is 0 Å². The van der Waals surface area contributed by atoms with E-state index in [1.54, 1.807) is 0 Å². The fourth-order valence-electron chi connectivity index (χ4n) is 2.68. The zero-order chi connectivity index (χ0) is 12.3. The first-order valence-corrected chi connectivity index (χ1v) is 7.33. The number of nitrogens with zero attached hydrogens (tertiary/aromatic N) is 1. The molecular formula is C13H21IN2O. The summed E-state index contributed by atoms with van der Waals surface area (Å²) in [6, 6.07) is 4.06. The molecule has 1 N–H and O–H groups in total. The second-order valence-electron chi connectivity index (χ2n) is 5.14. The van der Waals surface area contributed by atoms with Gasteiger partial charge in [-0.1, -0.05) is 12.8 Å². The van der Waals surface area contributed by atoms with Crippen molar-refractivity contribution in [2.24, 2.45) is 0 Å². The summed E-state index contributed by atoms with van der Waals surface area (Å²) < 4.78 is 6.51. The van der Waals surface area contributed by atoms with Gasteiger partial charge in [-0.05, 0) is 61.7 Å². The first-order chi connectivity index (χ1) is 8.12. The number of rotatable bonds is 5. The van der Waals surface area contributed by atoms with Crippen LogP contribution >= 0.6 is 22.6 Å². The molecule has 0 aliphatic heterocycles. The molecule has 96 valence electrons. The van der Waals surface area contributed by atoms with E-state index >= 15 is 0 Å². The zero-order valence-corrected chi connectivity index (χ0v) is 12.8. The minimum Gasteiger partial charge on any atom is -0.454 e. The predicted octanol–water partition coefficient (Wildman–Crippen LogP) is 2.85. The Labute approximate surface area is 117 Å². The lowest BCUT2D eigenvalue weighted by Crippen LogP contribution is -2.49. The van der Waals surface area contributed by atoms with Crippen LogP contribution in [0.3, 0.4) is 0 Å². The highest BCUT2D eigenvalue weighted by molar-refractivity contribution is 14.1. The first-order valence-electron chi connectivity index (χ1n) is 6.25. The Hall–Kier alpha value is -0.0700. The summed E-state index contributed by atoms with van der Waals surface area (Å²) in [6.45, 7) is 1.88. The molecule has 1 heterocycles. The largest absolute Gasteiger partial charge is 0.454 e. The van der Waals surface area contributed by atoms with Gasteiger partial charge in [0, 0.05) is 12.1 Å². The van der Waals surface area contributed by atoms with Gasteiger partial charge in [-0.25, -0.2) is 0 Å². The molecule has 0 spiro atoms. The molecule has 3 nitrogen and oxygen atoms in total. The Kier molecular flexibility index (Phi) is 4.49. The summed E-state index contributed by atoms with van der Waals surface area (Å²) in [5, 5.41) is 3.54. The van der Waals surface area contributed by atoms with E-state index in [2.05, 4.69) is 46.9 Å². The van der Waals surface area contributed by atoms with Crippen molar-refractivity contribution in [3.05, 3.63) is 21.7 Å². The summed E-state index contributed by atoms with van der Waals surface area (Å²) in [5.41, 5.74) is 0.361. The average molecular weight is 348 g/mol. The topological polar surface area (TPSA) is 28.4 Å². The van der Waals surface area contributed by atoms with Gasteiger partial charge >= 0.3 is 0 Å². The molecule has 4 heteroatoms. The van der Waals surface area contributed by atoms with Crippen LogP contribution in [0.15, 0.2) is 16.5 Å². The van der Waals surface area contributed by atoms with Crippen LogP contribution in [0.25, 0.3) is 0 Å². The minimum atomic E-state index is 0.361. The van der Waals surface area contributed by atoms with Gasteiger partial charge in [0.05, 0.1) is 6.54 Å². The van der Waals surface area contributed by atoms with E-state index in [1.807, 2.05) is 12.1 Å². The monoisotopic (exact) mass is 348 g/mol. The van der Waals surface area contributed by atoms with Crippen molar-refractivity contribution in [3.8, 4) is 0 Å². The fourth-order valence-corrected chi connectivity index (χ4v) is 3.14. The van der Waals surface area contributed by atoms with E-state index in [4.69, 9.17) is 4.42 Å². The summed E-state index contributed by atoms with van der Waals surface area (Å²) in [5.74, 6) is 1.03. The molecule has 1 fully saturated rings. The van der Waals surface area contributed by atoms with Crippen molar-refractivity contribution in [3.63, 3.8) is 0 Å². The molecular weight excluding hydrogens is 327 g/mol. The maximum absolute atomic E-state index is 5.55. The van der Waals surface area contributed by atoms with Crippen LogP contribution in [0.2, 0.25) is 0 Å². The molecule has 1 saturated carbocycles. The lowest BCUT2D eigenvalue weighted by atomic mass is 9.96. The van der Waals surface area contributed by atoms with E-state index in [0.717, 1.165) is 22.6 Å². The van der Waals surface area contributed by atoms with E-state index in [0.29, 0.717) is 5.54 Å². The number of hydrogen-bond acceptors (Lipinski definition) is 3. The quantitative estimate of drug-likeness (QED) is 0.830. The Morgan fingerprint density at radius 2 is 2.06 bits per heavy atom. The molecule has 1 aliphatic rings. The summed E-state index contributed by atoms with van der Waals surface area (Å²) in [4.78, 5) is 2.39. The first kappa shape index (κ1) is 13.4. The van der Waals surface area contributed by atoms with Crippen molar-refractivity contribution in [1.82, 2.24) is 10.2 Å². The summed E-state index contributed by atoms with van der Waals surface area (Å²) in [7, 11) is 4.39. The second kappa shape index (κ2) is 5.71. The number of furan rings is 1. The van der Waals surface area contributed by atoms with Crippen LogP contribution in [0.4, 0.5) is 0 Å². The maximum Gasteiger partial charge on any atom is 0.164 e. The average Bonchev–Trinajstić information content (AvgIpc) is 2.89. The van der Waals surface area contributed by atoms with Crippen molar-refractivity contribution in [1.29, 1.82) is 0 Å². The molecule has 0 unspecified atom stereocenters. The normalized spacial score (nSPS) is 19.1. The molecule has 0 amide bonds. The third-order valence-electron chi connectivity index (χ3n) is 3.87. The molecule has 17 heavy (non-hydrogen) atoms. The van der Waals surface area contributed by atoms with Crippen molar-refractivity contribution in [2.45, 2.75) is 37.8 Å². The van der Waals surface area contributed by atoms with Crippen molar-refractivity contribution in [2.75, 3.05) is 20.6 Å². The SMILES string of the molecule is CN(C)C1(CNCc2ccc(I)o2)CCCC1. The van der Waals surface area contributed by atoms with Gasteiger partial charge in [0.15, 0.2) is 3.77 Å². The molecule has 0 radical (unpaired) electrons. The third kappa shape index (κ3) is 3.23. The Morgan fingerprint density at radius 3 is 2.59 bits per heavy atom. The van der Waals surface area contributed by atoms with E-state index < -0.39 is 0 Å². The smallest absolute Gasteiger partial charge is 0.164 e. The van der Waals surface area contributed by atoms with Gasteiger partial charge in [-0.3, -0.25) is 0 Å². The number of likely N-dealkylation sites (N-methyl/N-ethyl adjacent to an activating group) is 1. The minimum absolute atomic E-state index is 0.361. The molecule has 1 aromatic heterocycles. The lowest BCUT2D eigenvalue weighted by Gasteiger charge is -2.36. The third-order valence-corrected chi connectivity index (χ3v) is 4.44. The number of hydrogen-bond donors (Lipinski definition) is 1. The van der Waals surface area contributed by atoms with Gasteiger partial charge in [0.1, 0.15) is 5.76 Å². The maximum atomic E-state index is 5.55. The van der Waals surface area contributed by atoms with Crippen LogP contribution in [0.1, 0.15) is 31.4 Å². The second-order valence-corrected chi connectivity index (χ2v) is 6.20. The Bertz CT molecular complexity index is 356. The highest BCUT2D eigenvalue weighted by atomic mass is 127. The van der Waals surface area contributed by atoms with E-state index in [-0.39, 0.29) is 0 Å². The molecule has 0 bridgehead atoms. The fraction of sp³-hybridized carbons (Fsp3) is 0.692. The molecule has 1 aliphatic carbocycles. The highest BCUT2D eigenvalue weighted by Gasteiger charge is 2.35. The highest BCUT2D eigenvalue weighted by Crippen LogP contribution is 2.33. The van der Waals surface area contributed by atoms with Crippen LogP contribution < -0.4 is 5.32 Å². The van der Waals surface area contributed by atoms with Crippen LogP contribution in [-0.2, 0) is 6.54 Å². The standard InChI is InChI=1S/C13H21IN2O/c1-16(2)13(7-3-4-8-13)10-15-9-11-5-6-12(14)17-11/h5-6,15H,3-4,7-10H2,1-2H3. The van der Waals surface area contributed by atoms with Crippen LogP contribution in [-0.4, -0.2) is 31.1 Å². The summed E-state index contributed by atoms with van der Waals surface area (Å²) >= 11 is 2.20. The molecule has 2 rings (SSSR count). The Balaban J connectivity index is 1.84. The van der Waals surface area contributed by atoms with Crippen LogP contribution in [0.5, 0.6) is 0 Å². The number of nitrogens with one attached hydrogen (secondary N) is 1. The molecule has 0 aromatic carbocycles. The van der Waals surface area contributed by atoms with Crippen molar-refractivity contribution >= 4 is 22.6 Å². The van der Waals surface area contributed by atoms with Gasteiger partial charge < -0.3 is 14.6 Å². The Morgan fingerprint density at radius 1 is 1.35 bits per heavy atom. The van der Waals surface area contributed by atoms with Gasteiger partial charge in [-0.2, -0.15) is 0 Å². The van der Waals surface area contributed by atoms with Gasteiger partial charge in [0.25, 0.3) is 0 Å². The van der Waals surface area contributed by atoms with E-state index in [9.17, 15) is 0 Å². The lowest BCUT2D eigenvalue weighted by molar-refractivity contribution is 0.152. The molecule has 0 atom stereocenters. The number of halogens is 1. The van der Waals surface area contributed by atoms with Gasteiger partial charge in [0.2, 0.25) is 0 Å².